The van der Waals surface area contributed by atoms with Crippen LogP contribution >= 0.6 is 15.9 Å². The summed E-state index contributed by atoms with van der Waals surface area (Å²) in [6.07, 6.45) is 2.68. The lowest BCUT2D eigenvalue weighted by atomic mass is 9.94. The van der Waals surface area contributed by atoms with E-state index in [-0.39, 0.29) is 5.41 Å². The van der Waals surface area contributed by atoms with Gasteiger partial charge in [-0.05, 0) is 15.9 Å². The van der Waals surface area contributed by atoms with Crippen LogP contribution in [0.5, 0.6) is 0 Å². The maximum absolute atomic E-state index is 4.98. The van der Waals surface area contributed by atoms with Crippen LogP contribution in [0.3, 0.4) is 0 Å². The fourth-order valence-corrected chi connectivity index (χ4v) is 1.41. The second-order valence-corrected chi connectivity index (χ2v) is 3.98. The summed E-state index contributed by atoms with van der Waals surface area (Å²) < 4.78 is 5.80. The number of hydrogen-bond donors (Lipinski definition) is 0. The molecule has 0 bridgehead atoms. The molecule has 1 radical (unpaired) electrons. The Kier molecular flexibility index (Phi) is 1.86. The average Bonchev–Trinajstić information content (AvgIpc) is 2.11. The highest BCUT2D eigenvalue weighted by molar-refractivity contribution is 9.10. The Hall–Kier alpha value is -0.310. The Labute approximate surface area is 68.7 Å². The third-order valence-electron chi connectivity index (χ3n) is 1.16. The molecule has 0 aromatic carbocycles. The van der Waals surface area contributed by atoms with Crippen LogP contribution in [0.15, 0.2) is 9.00 Å². The number of halogens is 1. The molecular formula is C7H9BrNO. The molecule has 0 aliphatic carbocycles. The van der Waals surface area contributed by atoms with E-state index in [0.29, 0.717) is 0 Å². The van der Waals surface area contributed by atoms with Gasteiger partial charge in [0.25, 0.3) is 0 Å². The minimum atomic E-state index is 0.00579. The van der Waals surface area contributed by atoms with E-state index in [1.165, 1.54) is 0 Å². The molecule has 0 N–H and O–H groups in total. The van der Waals surface area contributed by atoms with Crippen LogP contribution in [0.2, 0.25) is 0 Å². The fourth-order valence-electron chi connectivity index (χ4n) is 0.666. The van der Waals surface area contributed by atoms with Gasteiger partial charge in [0, 0.05) is 5.41 Å². The van der Waals surface area contributed by atoms with Gasteiger partial charge in [-0.25, -0.2) is 0 Å². The minimum absolute atomic E-state index is 0.00579. The van der Waals surface area contributed by atoms with Gasteiger partial charge in [0.1, 0.15) is 0 Å². The van der Waals surface area contributed by atoms with Crippen molar-refractivity contribution in [2.45, 2.75) is 26.2 Å². The van der Waals surface area contributed by atoms with Crippen molar-refractivity contribution in [2.24, 2.45) is 0 Å². The SMILES string of the molecule is CC(C)(C)c1on[c]c1Br. The summed E-state index contributed by atoms with van der Waals surface area (Å²) in [5.41, 5.74) is 0.00579. The van der Waals surface area contributed by atoms with Gasteiger partial charge in [-0.2, -0.15) is 0 Å². The number of aromatic nitrogens is 1. The molecule has 0 amide bonds. The van der Waals surface area contributed by atoms with Crippen molar-refractivity contribution in [2.75, 3.05) is 0 Å². The lowest BCUT2D eigenvalue weighted by Crippen LogP contribution is -2.10. The molecule has 3 heteroatoms. The van der Waals surface area contributed by atoms with Gasteiger partial charge >= 0.3 is 0 Å². The summed E-state index contributed by atoms with van der Waals surface area (Å²) in [6, 6.07) is 0. The smallest absolute Gasteiger partial charge is 0.156 e. The van der Waals surface area contributed by atoms with E-state index >= 15 is 0 Å². The Balaban J connectivity index is 3.05. The van der Waals surface area contributed by atoms with E-state index in [1.54, 1.807) is 0 Å². The van der Waals surface area contributed by atoms with Crippen LogP contribution in [-0.4, -0.2) is 5.16 Å². The van der Waals surface area contributed by atoms with Crippen molar-refractivity contribution in [3.05, 3.63) is 16.4 Å². The lowest BCUT2D eigenvalue weighted by molar-refractivity contribution is 0.327. The highest BCUT2D eigenvalue weighted by Gasteiger charge is 2.21. The van der Waals surface area contributed by atoms with Crippen LogP contribution in [0.4, 0.5) is 0 Å². The van der Waals surface area contributed by atoms with Crippen LogP contribution in [0.1, 0.15) is 26.5 Å². The predicted octanol–water partition coefficient (Wildman–Crippen LogP) is 2.53. The minimum Gasteiger partial charge on any atom is -0.359 e. The molecule has 1 aromatic heterocycles. The normalized spacial score (nSPS) is 12.0. The largest absolute Gasteiger partial charge is 0.359 e. The first-order chi connectivity index (χ1) is 4.52. The topological polar surface area (TPSA) is 26.0 Å². The summed E-state index contributed by atoms with van der Waals surface area (Å²) in [4.78, 5) is 0. The molecule has 2 nitrogen and oxygen atoms in total. The zero-order valence-corrected chi connectivity index (χ0v) is 7.82. The first-order valence-electron chi connectivity index (χ1n) is 3.05. The molecule has 0 spiro atoms. The van der Waals surface area contributed by atoms with E-state index in [4.69, 9.17) is 4.52 Å². The Morgan fingerprint density at radius 1 is 1.50 bits per heavy atom. The highest BCUT2D eigenvalue weighted by atomic mass is 79.9. The van der Waals surface area contributed by atoms with Gasteiger partial charge in [-0.1, -0.05) is 25.9 Å². The van der Waals surface area contributed by atoms with Gasteiger partial charge in [0.2, 0.25) is 0 Å². The molecule has 0 unspecified atom stereocenters. The molecule has 0 atom stereocenters. The van der Waals surface area contributed by atoms with Gasteiger partial charge in [-0.3, -0.25) is 0 Å². The number of rotatable bonds is 0. The van der Waals surface area contributed by atoms with Crippen molar-refractivity contribution in [3.8, 4) is 0 Å². The molecule has 0 aliphatic rings. The molecule has 0 fully saturated rings. The summed E-state index contributed by atoms with van der Waals surface area (Å²) in [5, 5.41) is 3.54. The monoisotopic (exact) mass is 202 g/mol. The van der Waals surface area contributed by atoms with Crippen molar-refractivity contribution in [1.29, 1.82) is 0 Å². The van der Waals surface area contributed by atoms with Crippen LogP contribution in [0.25, 0.3) is 0 Å². The molecule has 0 saturated carbocycles. The van der Waals surface area contributed by atoms with E-state index in [9.17, 15) is 0 Å². The summed E-state index contributed by atoms with van der Waals surface area (Å²) in [6.45, 7) is 6.18. The second kappa shape index (κ2) is 2.38. The van der Waals surface area contributed by atoms with Crippen LogP contribution in [-0.2, 0) is 5.41 Å². The molecule has 1 heterocycles. The van der Waals surface area contributed by atoms with Gasteiger partial charge < -0.3 is 4.52 Å². The molecule has 55 valence electrons. The summed E-state index contributed by atoms with van der Waals surface area (Å²) >= 11 is 3.29. The van der Waals surface area contributed by atoms with Crippen molar-refractivity contribution in [3.63, 3.8) is 0 Å². The van der Waals surface area contributed by atoms with E-state index in [0.717, 1.165) is 10.2 Å². The third kappa shape index (κ3) is 1.40. The first kappa shape index (κ1) is 7.79. The molecule has 1 aromatic rings. The number of hydrogen-bond acceptors (Lipinski definition) is 2. The lowest BCUT2D eigenvalue weighted by Gasteiger charge is -2.13. The van der Waals surface area contributed by atoms with Crippen molar-refractivity contribution in [1.82, 2.24) is 5.16 Å². The van der Waals surface area contributed by atoms with Crippen LogP contribution in [0, 0.1) is 6.20 Å². The zero-order chi connectivity index (χ0) is 7.78. The third-order valence-corrected chi connectivity index (χ3v) is 1.70. The molecule has 0 saturated heterocycles. The van der Waals surface area contributed by atoms with E-state index < -0.39 is 0 Å². The Morgan fingerprint density at radius 3 is 2.30 bits per heavy atom. The quantitative estimate of drug-likeness (QED) is 0.647. The summed E-state index contributed by atoms with van der Waals surface area (Å²) in [5.74, 6) is 0.840. The number of nitrogens with zero attached hydrogens (tertiary/aromatic N) is 1. The maximum Gasteiger partial charge on any atom is 0.156 e. The Bertz CT molecular complexity index is 224. The Morgan fingerprint density at radius 2 is 2.10 bits per heavy atom. The highest BCUT2D eigenvalue weighted by Crippen LogP contribution is 2.28. The molecular weight excluding hydrogens is 194 g/mol. The van der Waals surface area contributed by atoms with Gasteiger partial charge in [0.15, 0.2) is 12.0 Å². The second-order valence-electron chi connectivity index (χ2n) is 3.19. The molecule has 0 aliphatic heterocycles. The molecule has 1 rings (SSSR count). The summed E-state index contributed by atoms with van der Waals surface area (Å²) in [7, 11) is 0. The standard InChI is InChI=1S/C7H9BrNO/c1-7(2,3)6-5(8)4-9-10-6/h1-3H3. The fraction of sp³-hybridized carbons (Fsp3) is 0.571. The predicted molar refractivity (Wildman–Crippen MR) is 41.7 cm³/mol. The van der Waals surface area contributed by atoms with E-state index in [2.05, 4.69) is 48.1 Å². The van der Waals surface area contributed by atoms with Crippen molar-refractivity contribution < 1.29 is 4.52 Å². The zero-order valence-electron chi connectivity index (χ0n) is 6.23. The van der Waals surface area contributed by atoms with Crippen LogP contribution < -0.4 is 0 Å². The molecule has 10 heavy (non-hydrogen) atoms. The van der Waals surface area contributed by atoms with Gasteiger partial charge in [-0.15, -0.1) is 0 Å². The van der Waals surface area contributed by atoms with Gasteiger partial charge in [0.05, 0.1) is 4.47 Å². The van der Waals surface area contributed by atoms with E-state index in [1.807, 2.05) is 0 Å². The van der Waals surface area contributed by atoms with Crippen molar-refractivity contribution >= 4 is 15.9 Å². The average molecular weight is 203 g/mol. The maximum atomic E-state index is 4.98. The first-order valence-corrected chi connectivity index (χ1v) is 3.84.